The maximum absolute atomic E-state index is 11.9. The number of carbonyl (C=O) groups is 1. The molecule has 0 aromatic rings. The number of carbonyl (C=O) groups excluding carboxylic acids is 1. The first-order chi connectivity index (χ1) is 9.30. The van der Waals surface area contributed by atoms with Crippen molar-refractivity contribution in [2.75, 3.05) is 47.9 Å². The Morgan fingerprint density at radius 3 is 2.30 bits per heavy atom. The van der Waals surface area contributed by atoms with E-state index in [2.05, 4.69) is 43.1 Å². The molecule has 0 radical (unpaired) electrons. The zero-order valence-corrected chi connectivity index (χ0v) is 14.3. The highest BCUT2D eigenvalue weighted by molar-refractivity contribution is 5.80. The first kappa shape index (κ1) is 19.4. The standard InChI is InChI=1S/C15H33N3O2/c1-8-9-18(11-10-17(5)6)13(2)12-15(3,16-4)14(19)20-7/h13,16H,8-12H2,1-7H3. The van der Waals surface area contributed by atoms with Crippen molar-refractivity contribution in [2.24, 2.45) is 0 Å². The average Bonchev–Trinajstić information content (AvgIpc) is 2.41. The van der Waals surface area contributed by atoms with Crippen LogP contribution in [0.4, 0.5) is 0 Å². The average molecular weight is 287 g/mol. The van der Waals surface area contributed by atoms with E-state index in [1.54, 1.807) is 0 Å². The molecule has 0 amide bonds. The van der Waals surface area contributed by atoms with Gasteiger partial charge >= 0.3 is 5.97 Å². The Bertz CT molecular complexity index is 284. The van der Waals surface area contributed by atoms with Crippen molar-refractivity contribution < 1.29 is 9.53 Å². The van der Waals surface area contributed by atoms with Crippen LogP contribution in [0.2, 0.25) is 0 Å². The number of likely N-dealkylation sites (N-methyl/N-ethyl adjacent to an activating group) is 2. The fourth-order valence-electron chi connectivity index (χ4n) is 2.40. The SMILES string of the molecule is CCCN(CCN(C)C)C(C)CC(C)(NC)C(=O)OC. The van der Waals surface area contributed by atoms with E-state index in [0.717, 1.165) is 32.5 Å². The molecule has 0 saturated heterocycles. The third kappa shape index (κ3) is 6.20. The van der Waals surface area contributed by atoms with Crippen LogP contribution in [0.15, 0.2) is 0 Å². The highest BCUT2D eigenvalue weighted by Gasteiger charge is 2.35. The molecule has 0 rings (SSSR count). The molecule has 1 N–H and O–H groups in total. The molecule has 0 bridgehead atoms. The Balaban J connectivity index is 4.70. The number of methoxy groups -OCH3 is 1. The fourth-order valence-corrected chi connectivity index (χ4v) is 2.40. The largest absolute Gasteiger partial charge is 0.468 e. The zero-order chi connectivity index (χ0) is 15.8. The molecule has 0 aliphatic heterocycles. The summed E-state index contributed by atoms with van der Waals surface area (Å²) in [4.78, 5) is 16.6. The summed E-state index contributed by atoms with van der Waals surface area (Å²) in [6, 6.07) is 0.325. The fraction of sp³-hybridized carbons (Fsp3) is 0.933. The van der Waals surface area contributed by atoms with Crippen molar-refractivity contribution in [1.82, 2.24) is 15.1 Å². The van der Waals surface area contributed by atoms with E-state index in [-0.39, 0.29) is 5.97 Å². The van der Waals surface area contributed by atoms with Crippen LogP contribution in [0.1, 0.15) is 33.6 Å². The van der Waals surface area contributed by atoms with Crippen LogP contribution in [0, 0.1) is 0 Å². The van der Waals surface area contributed by atoms with E-state index >= 15 is 0 Å². The van der Waals surface area contributed by atoms with Gasteiger partial charge in [-0.25, -0.2) is 0 Å². The van der Waals surface area contributed by atoms with E-state index in [1.165, 1.54) is 7.11 Å². The Hall–Kier alpha value is -0.650. The molecule has 20 heavy (non-hydrogen) atoms. The van der Waals surface area contributed by atoms with Gasteiger partial charge in [0.2, 0.25) is 0 Å². The third-order valence-corrected chi connectivity index (χ3v) is 3.86. The number of nitrogens with one attached hydrogen (secondary N) is 1. The molecule has 120 valence electrons. The normalized spacial score (nSPS) is 16.2. The van der Waals surface area contributed by atoms with Gasteiger partial charge < -0.3 is 15.0 Å². The van der Waals surface area contributed by atoms with Gasteiger partial charge in [0.1, 0.15) is 5.54 Å². The van der Waals surface area contributed by atoms with Crippen molar-refractivity contribution in [3.05, 3.63) is 0 Å². The van der Waals surface area contributed by atoms with Crippen molar-refractivity contribution in [2.45, 2.75) is 45.2 Å². The lowest BCUT2D eigenvalue weighted by Crippen LogP contribution is -2.53. The predicted molar refractivity (Wildman–Crippen MR) is 84.0 cm³/mol. The highest BCUT2D eigenvalue weighted by atomic mass is 16.5. The number of ether oxygens (including phenoxy) is 1. The van der Waals surface area contributed by atoms with Gasteiger partial charge in [0.25, 0.3) is 0 Å². The summed E-state index contributed by atoms with van der Waals surface area (Å²) in [6.45, 7) is 9.37. The summed E-state index contributed by atoms with van der Waals surface area (Å²) >= 11 is 0. The second kappa shape index (κ2) is 9.32. The molecule has 0 heterocycles. The van der Waals surface area contributed by atoms with Gasteiger partial charge in [0.15, 0.2) is 0 Å². The molecule has 0 fully saturated rings. The lowest BCUT2D eigenvalue weighted by atomic mass is 9.93. The van der Waals surface area contributed by atoms with Crippen LogP contribution in [0.3, 0.4) is 0 Å². The van der Waals surface area contributed by atoms with Crippen molar-refractivity contribution in [1.29, 1.82) is 0 Å². The lowest BCUT2D eigenvalue weighted by molar-refractivity contribution is -0.148. The number of hydrogen-bond acceptors (Lipinski definition) is 5. The maximum atomic E-state index is 11.9. The smallest absolute Gasteiger partial charge is 0.325 e. The van der Waals surface area contributed by atoms with Gasteiger partial charge in [0, 0.05) is 19.1 Å². The minimum absolute atomic E-state index is 0.198. The molecule has 0 spiro atoms. The summed E-state index contributed by atoms with van der Waals surface area (Å²) in [6.07, 6.45) is 1.86. The second-order valence-corrected chi connectivity index (χ2v) is 5.97. The van der Waals surface area contributed by atoms with E-state index in [4.69, 9.17) is 4.74 Å². The van der Waals surface area contributed by atoms with E-state index < -0.39 is 5.54 Å². The van der Waals surface area contributed by atoms with Crippen LogP contribution >= 0.6 is 0 Å². The maximum Gasteiger partial charge on any atom is 0.325 e. The molecule has 5 nitrogen and oxygen atoms in total. The molecular weight excluding hydrogens is 254 g/mol. The predicted octanol–water partition coefficient (Wildman–Crippen LogP) is 1.19. The molecule has 0 aliphatic rings. The number of esters is 1. The third-order valence-electron chi connectivity index (χ3n) is 3.86. The minimum Gasteiger partial charge on any atom is -0.468 e. The highest BCUT2D eigenvalue weighted by Crippen LogP contribution is 2.18. The Kier molecular flexibility index (Phi) is 9.01. The topological polar surface area (TPSA) is 44.8 Å². The molecule has 2 unspecified atom stereocenters. The number of rotatable bonds is 10. The van der Waals surface area contributed by atoms with Crippen molar-refractivity contribution >= 4 is 5.97 Å². The van der Waals surface area contributed by atoms with Gasteiger partial charge in [-0.05, 0) is 54.4 Å². The number of nitrogens with zero attached hydrogens (tertiary/aromatic N) is 2. The number of hydrogen-bond donors (Lipinski definition) is 1. The van der Waals surface area contributed by atoms with E-state index in [0.29, 0.717) is 6.04 Å². The summed E-state index contributed by atoms with van der Waals surface area (Å²) in [7, 11) is 7.42. The van der Waals surface area contributed by atoms with Gasteiger partial charge in [-0.3, -0.25) is 9.69 Å². The Morgan fingerprint density at radius 1 is 1.30 bits per heavy atom. The van der Waals surface area contributed by atoms with Crippen LogP contribution < -0.4 is 5.32 Å². The van der Waals surface area contributed by atoms with Crippen LogP contribution in [-0.2, 0) is 9.53 Å². The van der Waals surface area contributed by atoms with Crippen molar-refractivity contribution in [3.63, 3.8) is 0 Å². The van der Waals surface area contributed by atoms with Crippen LogP contribution in [-0.4, -0.2) is 75.2 Å². The molecular formula is C15H33N3O2. The first-order valence-electron chi connectivity index (χ1n) is 7.46. The van der Waals surface area contributed by atoms with Crippen LogP contribution in [0.5, 0.6) is 0 Å². The minimum atomic E-state index is -0.627. The van der Waals surface area contributed by atoms with Gasteiger partial charge in [-0.15, -0.1) is 0 Å². The summed E-state index contributed by atoms with van der Waals surface area (Å²) < 4.78 is 4.92. The van der Waals surface area contributed by atoms with Gasteiger partial charge in [-0.2, -0.15) is 0 Å². The van der Waals surface area contributed by atoms with Crippen molar-refractivity contribution in [3.8, 4) is 0 Å². The Labute approximate surface area is 124 Å². The van der Waals surface area contributed by atoms with Crippen LogP contribution in [0.25, 0.3) is 0 Å². The molecule has 5 heteroatoms. The Morgan fingerprint density at radius 2 is 1.90 bits per heavy atom. The van der Waals surface area contributed by atoms with E-state index in [9.17, 15) is 4.79 Å². The van der Waals surface area contributed by atoms with E-state index in [1.807, 2.05) is 14.0 Å². The summed E-state index contributed by atoms with van der Waals surface area (Å²) in [5, 5.41) is 3.11. The second-order valence-electron chi connectivity index (χ2n) is 5.97. The lowest BCUT2D eigenvalue weighted by Gasteiger charge is -2.35. The van der Waals surface area contributed by atoms with Gasteiger partial charge in [0.05, 0.1) is 7.11 Å². The summed E-state index contributed by atoms with van der Waals surface area (Å²) in [5.74, 6) is -0.198. The monoisotopic (exact) mass is 287 g/mol. The molecule has 2 atom stereocenters. The zero-order valence-electron chi connectivity index (χ0n) is 14.3. The molecule has 0 aliphatic carbocycles. The molecule has 0 saturated carbocycles. The quantitative estimate of drug-likeness (QED) is 0.612. The molecule has 0 aromatic carbocycles. The van der Waals surface area contributed by atoms with Gasteiger partial charge in [-0.1, -0.05) is 6.92 Å². The first-order valence-corrected chi connectivity index (χ1v) is 7.46. The summed E-state index contributed by atoms with van der Waals surface area (Å²) in [5.41, 5.74) is -0.627. The molecule has 0 aromatic heterocycles.